The van der Waals surface area contributed by atoms with Crippen molar-refractivity contribution in [2.24, 2.45) is 0 Å². The summed E-state index contributed by atoms with van der Waals surface area (Å²) in [5, 5.41) is 9.01. The zero-order valence-corrected chi connectivity index (χ0v) is 7.42. The first-order valence-corrected chi connectivity index (χ1v) is 4.73. The van der Waals surface area contributed by atoms with Crippen molar-refractivity contribution in [3.05, 3.63) is 0 Å². The lowest BCUT2D eigenvalue weighted by molar-refractivity contribution is 0.0404. The molecular weight excluding hydrogens is 138 g/mol. The summed E-state index contributed by atoms with van der Waals surface area (Å²) < 4.78 is 0. The molecule has 11 heavy (non-hydrogen) atoms. The number of hydrogen-bond acceptors (Lipinski definition) is 2. The summed E-state index contributed by atoms with van der Waals surface area (Å²) in [7, 11) is 0. The third-order valence-corrected chi connectivity index (χ3v) is 2.55. The first-order valence-electron chi connectivity index (χ1n) is 4.73. The van der Waals surface area contributed by atoms with E-state index in [1.54, 1.807) is 0 Å². The van der Waals surface area contributed by atoms with E-state index in [1.165, 1.54) is 32.1 Å². The van der Waals surface area contributed by atoms with E-state index < -0.39 is 0 Å². The fourth-order valence-electron chi connectivity index (χ4n) is 1.91. The summed E-state index contributed by atoms with van der Waals surface area (Å²) in [6, 6.07) is 0.666. The fraction of sp³-hybridized carbons (Fsp3) is 1.00. The van der Waals surface area contributed by atoms with E-state index in [0.717, 1.165) is 6.54 Å². The van der Waals surface area contributed by atoms with Gasteiger partial charge in [0.2, 0.25) is 0 Å². The topological polar surface area (TPSA) is 23.5 Å². The summed E-state index contributed by atoms with van der Waals surface area (Å²) in [6.45, 7) is 3.57. The molecule has 0 aliphatic carbocycles. The molecule has 0 saturated carbocycles. The van der Waals surface area contributed by atoms with Gasteiger partial charge < -0.3 is 5.11 Å². The molecule has 66 valence electrons. The van der Waals surface area contributed by atoms with Crippen LogP contribution in [0.25, 0.3) is 0 Å². The molecule has 1 aliphatic rings. The predicted octanol–water partition coefficient (Wildman–Crippen LogP) is 1.59. The molecule has 1 unspecified atom stereocenters. The quantitative estimate of drug-likeness (QED) is 0.672. The average Bonchev–Trinajstić information content (AvgIpc) is 2.06. The summed E-state index contributed by atoms with van der Waals surface area (Å²) in [6.07, 6.45) is 6.39. The Hall–Kier alpha value is -0.0800. The number of piperidine rings is 1. The summed E-state index contributed by atoms with van der Waals surface area (Å²) in [5.74, 6) is 0. The van der Waals surface area contributed by atoms with E-state index in [4.69, 9.17) is 5.11 Å². The molecule has 0 radical (unpaired) electrons. The molecule has 0 aromatic rings. The van der Waals surface area contributed by atoms with Crippen LogP contribution < -0.4 is 0 Å². The summed E-state index contributed by atoms with van der Waals surface area (Å²) in [4.78, 5) is 2.20. The highest BCUT2D eigenvalue weighted by atomic mass is 16.3. The van der Waals surface area contributed by atoms with Gasteiger partial charge in [0.15, 0.2) is 0 Å². The second-order valence-corrected chi connectivity index (χ2v) is 3.39. The van der Waals surface area contributed by atoms with Crippen LogP contribution in [0.4, 0.5) is 0 Å². The van der Waals surface area contributed by atoms with Gasteiger partial charge >= 0.3 is 0 Å². The van der Waals surface area contributed by atoms with Crippen LogP contribution in [0.2, 0.25) is 0 Å². The Morgan fingerprint density at radius 1 is 1.45 bits per heavy atom. The van der Waals surface area contributed by atoms with Crippen LogP contribution in [0.1, 0.15) is 39.0 Å². The molecule has 2 heteroatoms. The first kappa shape index (κ1) is 9.01. The number of hydrogen-bond donors (Lipinski definition) is 1. The number of aliphatic hydroxyl groups is 1. The van der Waals surface area contributed by atoms with Gasteiger partial charge in [0.25, 0.3) is 0 Å². The van der Waals surface area contributed by atoms with Crippen LogP contribution in [-0.4, -0.2) is 29.3 Å². The molecule has 0 spiro atoms. The highest BCUT2D eigenvalue weighted by Gasteiger charge is 2.19. The Balaban J connectivity index is 2.31. The Bertz CT molecular complexity index is 104. The molecule has 1 aliphatic heterocycles. The molecule has 1 fully saturated rings. The Labute approximate surface area is 69.2 Å². The van der Waals surface area contributed by atoms with Crippen molar-refractivity contribution in [3.8, 4) is 0 Å². The van der Waals surface area contributed by atoms with Crippen LogP contribution in [0.15, 0.2) is 0 Å². The molecule has 0 aromatic heterocycles. The smallest absolute Gasteiger partial charge is 0.0958 e. The van der Waals surface area contributed by atoms with Gasteiger partial charge in [0.1, 0.15) is 0 Å². The van der Waals surface area contributed by atoms with Gasteiger partial charge in [0.05, 0.1) is 6.73 Å². The minimum atomic E-state index is 0.255. The molecule has 0 amide bonds. The van der Waals surface area contributed by atoms with Gasteiger partial charge in [-0.3, -0.25) is 4.90 Å². The van der Waals surface area contributed by atoms with Crippen LogP contribution in [-0.2, 0) is 0 Å². The van der Waals surface area contributed by atoms with Gasteiger partial charge in [-0.1, -0.05) is 19.8 Å². The maximum Gasteiger partial charge on any atom is 0.0958 e. The normalized spacial score (nSPS) is 27.3. The minimum absolute atomic E-state index is 0.255. The molecule has 1 N–H and O–H groups in total. The number of nitrogens with zero attached hydrogens (tertiary/aromatic N) is 1. The van der Waals surface area contributed by atoms with Crippen molar-refractivity contribution in [1.82, 2.24) is 4.90 Å². The predicted molar refractivity (Wildman–Crippen MR) is 46.3 cm³/mol. The van der Waals surface area contributed by atoms with Gasteiger partial charge in [-0.15, -0.1) is 0 Å². The highest BCUT2D eigenvalue weighted by Crippen LogP contribution is 2.19. The van der Waals surface area contributed by atoms with Crippen LogP contribution in [0.5, 0.6) is 0 Å². The van der Waals surface area contributed by atoms with Crippen LogP contribution >= 0.6 is 0 Å². The number of likely N-dealkylation sites (tertiary alicyclic amines) is 1. The molecule has 0 bridgehead atoms. The van der Waals surface area contributed by atoms with E-state index in [2.05, 4.69) is 11.8 Å². The molecule has 0 aromatic carbocycles. The second-order valence-electron chi connectivity index (χ2n) is 3.39. The lowest BCUT2D eigenvalue weighted by Gasteiger charge is -2.33. The second kappa shape index (κ2) is 4.73. The number of aliphatic hydroxyl groups excluding tert-OH is 1. The minimum Gasteiger partial charge on any atom is -0.381 e. The van der Waals surface area contributed by atoms with Crippen LogP contribution in [0.3, 0.4) is 0 Å². The van der Waals surface area contributed by atoms with Gasteiger partial charge in [-0.25, -0.2) is 0 Å². The highest BCUT2D eigenvalue weighted by molar-refractivity contribution is 4.74. The zero-order chi connectivity index (χ0) is 8.10. The van der Waals surface area contributed by atoms with Crippen molar-refractivity contribution in [2.75, 3.05) is 13.3 Å². The Kier molecular flexibility index (Phi) is 3.87. The van der Waals surface area contributed by atoms with E-state index in [0.29, 0.717) is 6.04 Å². The van der Waals surface area contributed by atoms with E-state index in [1.807, 2.05) is 0 Å². The SMILES string of the molecule is CCCC1CCCCN1CO. The largest absolute Gasteiger partial charge is 0.381 e. The fourth-order valence-corrected chi connectivity index (χ4v) is 1.91. The van der Waals surface area contributed by atoms with Crippen molar-refractivity contribution in [3.63, 3.8) is 0 Å². The first-order chi connectivity index (χ1) is 5.38. The zero-order valence-electron chi connectivity index (χ0n) is 7.42. The third-order valence-electron chi connectivity index (χ3n) is 2.55. The monoisotopic (exact) mass is 157 g/mol. The molecule has 2 nitrogen and oxygen atoms in total. The maximum absolute atomic E-state index is 9.01. The Morgan fingerprint density at radius 2 is 2.27 bits per heavy atom. The standard InChI is InChI=1S/C9H19NO/c1-2-5-9-6-3-4-7-10(9)8-11/h9,11H,2-8H2,1H3. The lowest BCUT2D eigenvalue weighted by Crippen LogP contribution is -2.39. The van der Waals surface area contributed by atoms with Gasteiger partial charge in [0, 0.05) is 12.6 Å². The molecule has 1 rings (SSSR count). The Morgan fingerprint density at radius 3 is 2.91 bits per heavy atom. The molecular formula is C9H19NO. The van der Waals surface area contributed by atoms with Crippen molar-refractivity contribution >= 4 is 0 Å². The molecule has 1 saturated heterocycles. The van der Waals surface area contributed by atoms with E-state index >= 15 is 0 Å². The van der Waals surface area contributed by atoms with Crippen molar-refractivity contribution in [1.29, 1.82) is 0 Å². The maximum atomic E-state index is 9.01. The molecule has 1 heterocycles. The lowest BCUT2D eigenvalue weighted by atomic mass is 9.99. The van der Waals surface area contributed by atoms with Gasteiger partial charge in [-0.2, -0.15) is 0 Å². The van der Waals surface area contributed by atoms with Crippen molar-refractivity contribution < 1.29 is 5.11 Å². The summed E-state index contributed by atoms with van der Waals surface area (Å²) in [5.41, 5.74) is 0. The van der Waals surface area contributed by atoms with Crippen LogP contribution in [0, 0.1) is 0 Å². The molecule has 1 atom stereocenters. The van der Waals surface area contributed by atoms with E-state index in [9.17, 15) is 0 Å². The van der Waals surface area contributed by atoms with E-state index in [-0.39, 0.29) is 6.73 Å². The third kappa shape index (κ3) is 2.46. The summed E-state index contributed by atoms with van der Waals surface area (Å²) >= 11 is 0. The number of rotatable bonds is 3. The average molecular weight is 157 g/mol. The van der Waals surface area contributed by atoms with Crippen molar-refractivity contribution in [2.45, 2.75) is 45.1 Å². The van der Waals surface area contributed by atoms with Gasteiger partial charge in [-0.05, 0) is 19.3 Å².